The Balaban J connectivity index is 0.000000415. The number of likely N-dealkylation sites (tertiary alicyclic amines) is 2. The van der Waals surface area contributed by atoms with E-state index in [1.54, 1.807) is 32.0 Å². The first-order valence-corrected chi connectivity index (χ1v) is 183. The molecule has 2 aromatic carbocycles. The summed E-state index contributed by atoms with van der Waals surface area (Å²) in [5.74, 6) is 60.6. The number of rotatable bonds is 25. The number of hydrogen-bond acceptors (Lipinski definition) is 17. The molecule has 4 atom stereocenters. The van der Waals surface area contributed by atoms with Gasteiger partial charge in [0.1, 0.15) is 43.5 Å². The molecule has 5 aromatic rings. The van der Waals surface area contributed by atoms with Crippen molar-refractivity contribution in [2.45, 2.75) is 109 Å². The molecule has 11 heterocycles. The van der Waals surface area contributed by atoms with Crippen molar-refractivity contribution >= 4 is 417 Å². The van der Waals surface area contributed by atoms with Gasteiger partial charge in [0.05, 0.1) is 37.0 Å². The van der Waals surface area contributed by atoms with Gasteiger partial charge in [0, 0.05) is 79.0 Å². The van der Waals surface area contributed by atoms with Crippen LogP contribution in [0.15, 0.2) is 111 Å². The Hall–Kier alpha value is 6.42. The number of nitrogen functional groups attached to an aromatic ring is 1. The van der Waals surface area contributed by atoms with E-state index in [0.29, 0.717) is 46.7 Å². The van der Waals surface area contributed by atoms with Crippen molar-refractivity contribution in [1.29, 1.82) is 0 Å². The number of ketones is 1. The summed E-state index contributed by atoms with van der Waals surface area (Å²) in [5, 5.41) is 12.9. The third kappa shape index (κ3) is 56.2. The van der Waals surface area contributed by atoms with Crippen LogP contribution in [0.25, 0.3) is 0 Å². The van der Waals surface area contributed by atoms with Crippen LogP contribution in [0.2, 0.25) is 0 Å². The number of ether oxygens (including phenoxy) is 2. The standard InChI is InChI=1S/C25H32N4O4.C25H4.C20H28N2O2.C6H6ClNO2.C3H4N2O.C3H4.C2H2Cl2O.ClH.I24/c30-23(26-22-11-16-32-27-22)18-29-14-9-19(10-15-29)21(17-29)33-25(31)24(20-7-3-1-4-8-20)28-12-5-2-6-13-28;1-3-5-7-9-11-13-15-17-19-21-23-25-24-22-20-18-16-14-12-10-8-6-4-2;23-20(24-18-15-21-13-9-16(18)10-14-21)19(17-7-3-1-4-8-17)22-11-5-2-6-12-22;7-4-6(9)3-5-1-2-10-8-5;4-3-1-2-6-5-3;1-3-2;3-1-2(4)5;;1-14(2)16(5)18(7)20(9)22(11)24(13)23(12)21(10)19(8)17(6)15(3)4/h1,3-4,7-8,11,16,19,21,24H,2,5-6,9-10,12-15,17-18H2;1H,2H3;1,3-4,7-8,16,18-19H,2,5-6,9-15H2;1-2H,3-4H2;1-2H,(H2,4,5);1H,2H3;1H2;1H;/p+1/t19?,21-,24?,29?;;18-,19?;;;;;;/m0.0....../s1. The molecule has 3 aromatic heterocycles. The number of alkyl halides is 2. The second-order valence-electron chi connectivity index (χ2n) is 25.7. The number of piperidine rings is 8. The molecule has 0 aliphatic carbocycles. The Morgan fingerprint density at radius 1 is 0.496 bits per heavy atom. The van der Waals surface area contributed by atoms with Gasteiger partial charge in [-0.1, -0.05) is 94.9 Å². The molecule has 1 amide bonds. The van der Waals surface area contributed by atoms with E-state index in [4.69, 9.17) is 61.0 Å². The van der Waals surface area contributed by atoms with E-state index in [0.717, 1.165) is 82.6 Å². The summed E-state index contributed by atoms with van der Waals surface area (Å²) in [4.78, 5) is 66.5. The molecule has 8 aliphatic heterocycles. The van der Waals surface area contributed by atoms with E-state index in [-0.39, 0.29) is 78.5 Å². The van der Waals surface area contributed by atoms with E-state index in [1.807, 2.05) is 48.5 Å². The summed E-state index contributed by atoms with van der Waals surface area (Å²) in [6, 6.07) is 24.5. The van der Waals surface area contributed by atoms with E-state index < -0.39 is 92.1 Å². The molecule has 8 aliphatic rings. The van der Waals surface area contributed by atoms with Crippen molar-refractivity contribution in [2.75, 3.05) is 94.8 Å². The number of hydrogen-bond donors (Lipinski definition) is 2. The largest absolute Gasteiger partial charge is 0.459 e. The summed E-state index contributed by atoms with van der Waals surface area (Å²) < 4.78 is 26.6. The number of terminal acetylenes is 2. The molecule has 8 fully saturated rings. The second kappa shape index (κ2) is 81.3. The van der Waals surface area contributed by atoms with Crippen molar-refractivity contribution in [3.05, 3.63) is 114 Å². The zero-order valence-electron chi connectivity index (χ0n) is 68.7. The average molecular weight is 4570 g/mol. The van der Waals surface area contributed by atoms with Gasteiger partial charge < -0.3 is 38.6 Å². The van der Waals surface area contributed by atoms with Crippen LogP contribution in [0, 0.1) is 167 Å². The number of anilines is 2. The number of fused-ring (bicyclic) bond motifs is 6. The van der Waals surface area contributed by atoms with Gasteiger partial charge in [-0.25, -0.2) is 9.59 Å². The maximum Gasteiger partial charge on any atom is 0.328 e. The number of benzene rings is 2. The van der Waals surface area contributed by atoms with Crippen LogP contribution in [0.5, 0.6) is 0 Å². The number of Topliss-reactive ketones (excluding diaryl/α,β-unsaturated/α-hetero) is 1. The maximum atomic E-state index is 13.6. The van der Waals surface area contributed by atoms with Crippen molar-refractivity contribution in [1.82, 2.24) is 30.2 Å². The maximum absolute atomic E-state index is 13.6. The Morgan fingerprint density at radius 2 is 0.863 bits per heavy atom. The average Bonchev–Trinajstić information content (AvgIpc) is 1.07. The summed E-state index contributed by atoms with van der Waals surface area (Å²) in [6.45, 7) is 13.4. The number of nitrogens with two attached hydrogens (primary N) is 1. The third-order valence-corrected chi connectivity index (χ3v) is 1670. The van der Waals surface area contributed by atoms with Crippen LogP contribution >= 0.6 is 376 Å². The molecule has 2 unspecified atom stereocenters. The molecule has 131 heavy (non-hydrogen) atoms. The monoisotopic (exact) mass is 4560 g/mol. The first-order valence-electron chi connectivity index (χ1n) is 37.4. The van der Waals surface area contributed by atoms with Crippen molar-refractivity contribution in [2.24, 2.45) is 11.8 Å². The fraction of sp³-hybridized carbons (Fsp3) is 0.381. The molecule has 0 radical (unpaired) electrons. The van der Waals surface area contributed by atoms with Crippen LogP contribution in [0.1, 0.15) is 107 Å². The topological polar surface area (TPSA) is 230 Å². The number of quaternary nitrogens is 1. The van der Waals surface area contributed by atoms with Crippen molar-refractivity contribution < 1.29 is 51.5 Å². The fourth-order valence-corrected chi connectivity index (χ4v) is 3780. The third-order valence-electron chi connectivity index (χ3n) is 17.4. The fourth-order valence-electron chi connectivity index (χ4n) is 12.2. The summed E-state index contributed by atoms with van der Waals surface area (Å²) >= 11 is 54.9. The first-order chi connectivity index (χ1) is 62.6. The molecule has 3 N–H and O–H groups in total. The molecule has 19 nitrogen and oxygen atoms in total. The van der Waals surface area contributed by atoms with E-state index >= 15 is 0 Å². The molecule has 0 saturated carbocycles. The summed E-state index contributed by atoms with van der Waals surface area (Å²) in [7, 11) is -4.75. The number of esters is 2. The van der Waals surface area contributed by atoms with E-state index in [2.05, 4.69) is 447 Å². The van der Waals surface area contributed by atoms with Gasteiger partial charge >= 0.3 is 341 Å². The van der Waals surface area contributed by atoms with Gasteiger partial charge in [0.25, 0.3) is 5.91 Å². The van der Waals surface area contributed by atoms with Gasteiger partial charge in [-0.2, -0.15) is 0 Å². The zero-order valence-corrected chi connectivity index (χ0v) is 124. The number of carbonyl (C=O) groups excluding carboxylic acids is 5. The van der Waals surface area contributed by atoms with Crippen LogP contribution < -0.4 is 11.1 Å². The number of amides is 1. The van der Waals surface area contributed by atoms with Gasteiger partial charge in [-0.05, 0) is 215 Å². The van der Waals surface area contributed by atoms with Gasteiger partial charge in [0.15, 0.2) is 30.1 Å². The molecule has 47 heteroatoms. The van der Waals surface area contributed by atoms with E-state index in [9.17, 15) is 24.0 Å². The quantitative estimate of drug-likeness (QED) is 0.0138. The predicted octanol–water partition coefficient (Wildman–Crippen LogP) is 31.1. The van der Waals surface area contributed by atoms with Gasteiger partial charge in [0.2, 0.25) is 5.24 Å². The number of nitrogens with one attached hydrogen (secondary N) is 1. The molecule has 0 spiro atoms. The predicted molar refractivity (Wildman–Crippen MR) is 752 cm³/mol. The number of nitrogens with zero attached hydrogens (tertiary/aromatic N) is 7. The SMILES string of the molecule is C#CC.C#CC#CC#CC#CC#CC#CC#CC#CC#CC#CC#CC#CC.Cl.II(I)I(I)I(I)I(I)I(I)I(I)I(I)I(I)I(I)I(I)I(I)I.Nc1ccon1.O=C(CCl)Cc1ccon1.O=C(C[N+]12CCC(CC1)[C@@H](OC(=O)C(c1ccccc1)N1CCCCC1)C2)Nc1ccon1.O=C(Cl)CCl.O=C(O[C@H]1CN2CCC1CC2)C(c1ccccc1)N1CCCCC1. The minimum Gasteiger partial charge on any atom is -0.459 e. The summed E-state index contributed by atoms with van der Waals surface area (Å²) in [6.07, 6.45) is 25.4. The summed E-state index contributed by atoms with van der Waals surface area (Å²) in [5.41, 5.74) is 7.78. The van der Waals surface area contributed by atoms with Gasteiger partial charge in [-0.15, -0.1) is 54.4 Å². The Morgan fingerprint density at radius 3 is 1.18 bits per heavy atom. The second-order valence-corrected chi connectivity index (χ2v) is 563. The molecular weight excluding hydrogens is 4480 g/mol. The number of carbonyl (C=O) groups is 5. The van der Waals surface area contributed by atoms with Crippen molar-refractivity contribution in [3.63, 3.8) is 0 Å². The van der Waals surface area contributed by atoms with Crippen LogP contribution in [0.4, 0.5) is 11.6 Å². The van der Waals surface area contributed by atoms with E-state index in [1.165, 1.54) is 70.4 Å². The van der Waals surface area contributed by atoms with Crippen LogP contribution in [-0.4, -0.2) is 159 Å². The molecular formula is C84H82Cl4I24N9O10+. The number of aromatic nitrogens is 3. The minimum absolute atomic E-state index is 0. The Bertz CT molecular complexity index is 5130. The van der Waals surface area contributed by atoms with Crippen LogP contribution in [-0.2, 0) is 39.9 Å². The molecule has 4 bridgehead atoms. The Kier molecular flexibility index (Phi) is 81.7. The molecule has 13 rings (SSSR count). The molecule has 718 valence electrons. The normalized spacial score (nSPS) is 18.4. The minimum atomic E-state index is -0.508. The van der Waals surface area contributed by atoms with Gasteiger partial charge in [-0.3, -0.25) is 29.1 Å². The van der Waals surface area contributed by atoms with Crippen LogP contribution in [0.3, 0.4) is 0 Å². The Labute approximate surface area is 959 Å². The zero-order chi connectivity index (χ0) is 95.4. The van der Waals surface area contributed by atoms with Crippen molar-refractivity contribution in [3.8, 4) is 155 Å². The molecule has 8 saturated heterocycles. The smallest absolute Gasteiger partial charge is 0.328 e. The number of halogens is 28. The first kappa shape index (κ1) is 132.